The quantitative estimate of drug-likeness (QED) is 0.198. The minimum Gasteiger partial charge on any atom is -0.372 e. The molecule has 0 saturated carbocycles. The zero-order valence-corrected chi connectivity index (χ0v) is 29.6. The first-order valence-corrected chi connectivity index (χ1v) is 19.3. The van der Waals surface area contributed by atoms with Crippen molar-refractivity contribution >= 4 is 85.7 Å². The van der Waals surface area contributed by atoms with Crippen molar-refractivity contribution in [1.82, 2.24) is 4.98 Å². The Balaban J connectivity index is 1.06. The number of nitrogens with zero attached hydrogens (tertiary/aromatic N) is 1. The summed E-state index contributed by atoms with van der Waals surface area (Å²) in [5.74, 6) is 0. The molecule has 4 heteroatoms. The highest BCUT2D eigenvalue weighted by Crippen LogP contribution is 2.42. The van der Waals surface area contributed by atoms with Gasteiger partial charge in [-0.1, -0.05) is 121 Å². The molecule has 2 nitrogen and oxygen atoms in total. The molecule has 1 aliphatic rings. The van der Waals surface area contributed by atoms with E-state index in [9.17, 15) is 0 Å². The van der Waals surface area contributed by atoms with Crippen LogP contribution >= 0.6 is 22.7 Å². The second-order valence-electron chi connectivity index (χ2n) is 13.6. The Hall–Kier alpha value is -6.07. The monoisotopic (exact) mass is 698 g/mol. The van der Waals surface area contributed by atoms with Crippen molar-refractivity contribution in [2.45, 2.75) is 6.04 Å². The SMILES string of the molecule is C1=CC(c2cc(-c3ccc4c(c3)sc3ccccc34)cc(-c3ccc4c(c3)sc3ccccc34)c2)Nc2c1ccc1ccc(-c3ccccc3)nc21. The molecule has 1 atom stereocenters. The van der Waals surface area contributed by atoms with Gasteiger partial charge in [0.05, 0.1) is 22.9 Å². The van der Waals surface area contributed by atoms with Crippen LogP contribution in [0.5, 0.6) is 0 Å². The van der Waals surface area contributed by atoms with E-state index in [-0.39, 0.29) is 6.04 Å². The zero-order chi connectivity index (χ0) is 34.2. The van der Waals surface area contributed by atoms with Crippen molar-refractivity contribution in [2.75, 3.05) is 5.32 Å². The Morgan fingerprint density at radius 3 is 1.73 bits per heavy atom. The van der Waals surface area contributed by atoms with E-state index in [1.807, 2.05) is 28.7 Å². The second-order valence-corrected chi connectivity index (χ2v) is 15.8. The molecule has 0 spiro atoms. The van der Waals surface area contributed by atoms with Crippen molar-refractivity contribution in [2.24, 2.45) is 0 Å². The molecule has 1 unspecified atom stereocenters. The van der Waals surface area contributed by atoms with Gasteiger partial charge in [0.2, 0.25) is 0 Å². The number of rotatable bonds is 4. The van der Waals surface area contributed by atoms with E-state index in [2.05, 4.69) is 169 Å². The van der Waals surface area contributed by atoms with E-state index < -0.39 is 0 Å². The summed E-state index contributed by atoms with van der Waals surface area (Å²) >= 11 is 3.74. The van der Waals surface area contributed by atoms with Crippen LogP contribution in [0.25, 0.3) is 90.8 Å². The molecule has 7 aromatic carbocycles. The molecular weight excluding hydrogens is 669 g/mol. The third-order valence-electron chi connectivity index (χ3n) is 10.5. The fourth-order valence-electron chi connectivity index (χ4n) is 7.84. The van der Waals surface area contributed by atoms with Gasteiger partial charge in [-0.3, -0.25) is 0 Å². The molecule has 0 bridgehead atoms. The van der Waals surface area contributed by atoms with Crippen molar-refractivity contribution in [3.63, 3.8) is 0 Å². The summed E-state index contributed by atoms with van der Waals surface area (Å²) in [7, 11) is 0. The number of benzene rings is 7. The predicted molar refractivity (Wildman–Crippen MR) is 226 cm³/mol. The van der Waals surface area contributed by atoms with E-state index in [1.165, 1.54) is 68.2 Å². The molecule has 10 aromatic rings. The molecule has 0 saturated heterocycles. The second kappa shape index (κ2) is 11.7. The molecule has 4 heterocycles. The first-order chi connectivity index (χ1) is 25.7. The maximum atomic E-state index is 5.22. The maximum Gasteiger partial charge on any atom is 0.0947 e. The average Bonchev–Trinajstić information content (AvgIpc) is 3.78. The zero-order valence-electron chi connectivity index (χ0n) is 28.0. The summed E-state index contributed by atoms with van der Waals surface area (Å²) < 4.78 is 5.28. The largest absolute Gasteiger partial charge is 0.372 e. The summed E-state index contributed by atoms with van der Waals surface area (Å²) in [6, 6.07) is 57.6. The summed E-state index contributed by atoms with van der Waals surface area (Å²) in [5.41, 5.74) is 11.4. The van der Waals surface area contributed by atoms with Gasteiger partial charge < -0.3 is 5.32 Å². The number of aromatic nitrogens is 1. The number of fused-ring (bicyclic) bond motifs is 9. The molecule has 1 aliphatic heterocycles. The van der Waals surface area contributed by atoms with Crippen LogP contribution in [0.2, 0.25) is 0 Å². The molecule has 0 radical (unpaired) electrons. The smallest absolute Gasteiger partial charge is 0.0947 e. The van der Waals surface area contributed by atoms with Gasteiger partial charge in [0.1, 0.15) is 0 Å². The van der Waals surface area contributed by atoms with Crippen molar-refractivity contribution < 1.29 is 0 Å². The van der Waals surface area contributed by atoms with E-state index in [0.717, 1.165) is 33.4 Å². The number of hydrogen-bond acceptors (Lipinski definition) is 4. The van der Waals surface area contributed by atoms with Gasteiger partial charge >= 0.3 is 0 Å². The lowest BCUT2D eigenvalue weighted by Gasteiger charge is -2.25. The van der Waals surface area contributed by atoms with E-state index in [4.69, 9.17) is 4.98 Å². The lowest BCUT2D eigenvalue weighted by molar-refractivity contribution is 0.982. The van der Waals surface area contributed by atoms with Crippen LogP contribution in [-0.4, -0.2) is 4.98 Å². The summed E-state index contributed by atoms with van der Waals surface area (Å²) in [6.45, 7) is 0. The highest BCUT2D eigenvalue weighted by atomic mass is 32.1. The molecule has 3 aromatic heterocycles. The third-order valence-corrected chi connectivity index (χ3v) is 12.7. The first kappa shape index (κ1) is 29.6. The molecule has 11 rings (SSSR count). The van der Waals surface area contributed by atoms with Gasteiger partial charge in [-0.25, -0.2) is 4.98 Å². The molecule has 0 fully saturated rings. The maximum absolute atomic E-state index is 5.22. The lowest BCUT2D eigenvalue weighted by Crippen LogP contribution is -2.13. The Morgan fingerprint density at radius 1 is 0.462 bits per heavy atom. The van der Waals surface area contributed by atoms with Crippen molar-refractivity contribution in [1.29, 1.82) is 0 Å². The average molecular weight is 699 g/mol. The molecule has 0 aliphatic carbocycles. The normalized spacial score (nSPS) is 14.0. The standard InChI is InChI=1S/C48H30N2S2/c1-2-8-29(9-3-1)41-22-18-30-14-15-31-19-23-42(50-48(31)47(30)49-41)36-25-34(32-16-20-39-37-10-4-6-12-43(37)51-45(39)27-32)24-35(26-36)33-17-21-40-38-11-5-7-13-44(38)52-46(40)28-33/h1-28,42,50H. The Bertz CT molecular complexity index is 2930. The first-order valence-electron chi connectivity index (χ1n) is 17.6. The summed E-state index contributed by atoms with van der Waals surface area (Å²) in [4.78, 5) is 5.22. The molecule has 0 amide bonds. The highest BCUT2D eigenvalue weighted by molar-refractivity contribution is 7.26. The summed E-state index contributed by atoms with van der Waals surface area (Å²) in [6.07, 6.45) is 4.55. The van der Waals surface area contributed by atoms with Gasteiger partial charge in [-0.15, -0.1) is 22.7 Å². The third kappa shape index (κ3) is 4.87. The Kier molecular flexibility index (Phi) is 6.69. The molecular formula is C48H30N2S2. The highest BCUT2D eigenvalue weighted by Gasteiger charge is 2.20. The van der Waals surface area contributed by atoms with Crippen LogP contribution in [0, 0.1) is 0 Å². The predicted octanol–water partition coefficient (Wildman–Crippen LogP) is 14.2. The van der Waals surface area contributed by atoms with Gasteiger partial charge in [0.25, 0.3) is 0 Å². The van der Waals surface area contributed by atoms with Crippen LogP contribution in [0.3, 0.4) is 0 Å². The minimum absolute atomic E-state index is 0.0277. The Morgan fingerprint density at radius 2 is 1.06 bits per heavy atom. The van der Waals surface area contributed by atoms with Crippen LogP contribution in [0.4, 0.5) is 5.69 Å². The van der Waals surface area contributed by atoms with Gasteiger partial charge in [0, 0.05) is 51.3 Å². The van der Waals surface area contributed by atoms with E-state index in [1.54, 1.807) is 0 Å². The van der Waals surface area contributed by atoms with Crippen LogP contribution in [-0.2, 0) is 0 Å². The van der Waals surface area contributed by atoms with E-state index >= 15 is 0 Å². The van der Waals surface area contributed by atoms with Crippen LogP contribution in [0.15, 0.2) is 164 Å². The topological polar surface area (TPSA) is 24.9 Å². The number of hydrogen-bond donors (Lipinski definition) is 1. The van der Waals surface area contributed by atoms with Crippen LogP contribution < -0.4 is 5.32 Å². The fourth-order valence-corrected chi connectivity index (χ4v) is 10.1. The number of pyridine rings is 1. The summed E-state index contributed by atoms with van der Waals surface area (Å²) in [5, 5.41) is 10.4. The van der Waals surface area contributed by atoms with Gasteiger partial charge in [0.15, 0.2) is 0 Å². The van der Waals surface area contributed by atoms with E-state index in [0.29, 0.717) is 0 Å². The number of anilines is 1. The van der Waals surface area contributed by atoms with Gasteiger partial charge in [-0.2, -0.15) is 0 Å². The number of thiophene rings is 2. The minimum atomic E-state index is -0.0277. The molecule has 52 heavy (non-hydrogen) atoms. The molecule has 1 N–H and O–H groups in total. The van der Waals surface area contributed by atoms with Gasteiger partial charge in [-0.05, 0) is 81.9 Å². The number of nitrogens with one attached hydrogen (secondary N) is 1. The fraction of sp³-hybridized carbons (Fsp3) is 0.0208. The molecule has 244 valence electrons. The lowest BCUT2D eigenvalue weighted by atomic mass is 9.91. The van der Waals surface area contributed by atoms with Crippen LogP contribution in [0.1, 0.15) is 17.2 Å². The van der Waals surface area contributed by atoms with Crippen molar-refractivity contribution in [3.8, 4) is 33.5 Å². The Labute approximate surface area is 309 Å². The van der Waals surface area contributed by atoms with Crippen molar-refractivity contribution in [3.05, 3.63) is 175 Å².